The van der Waals surface area contributed by atoms with E-state index in [1.165, 1.54) is 48.5 Å². The molecule has 0 aliphatic carbocycles. The van der Waals surface area contributed by atoms with Crippen molar-refractivity contribution < 1.29 is 23.1 Å². The molecule has 0 aliphatic rings. The van der Waals surface area contributed by atoms with E-state index in [4.69, 9.17) is 5.11 Å². The van der Waals surface area contributed by atoms with Crippen LogP contribution in [0.2, 0.25) is 0 Å². The van der Waals surface area contributed by atoms with Crippen LogP contribution in [0.1, 0.15) is 26.3 Å². The van der Waals surface area contributed by atoms with Crippen molar-refractivity contribution in [1.29, 1.82) is 0 Å². The molecule has 194 valence electrons. The molecule has 3 N–H and O–H groups in total. The lowest BCUT2D eigenvalue weighted by Gasteiger charge is -2.13. The first-order valence-electron chi connectivity index (χ1n) is 11.7. The summed E-state index contributed by atoms with van der Waals surface area (Å²) in [7, 11) is -4.07. The molecular weight excluding hydrogens is 518 g/mol. The van der Waals surface area contributed by atoms with Crippen LogP contribution in [0.15, 0.2) is 96.2 Å². The van der Waals surface area contributed by atoms with Gasteiger partial charge in [0.05, 0.1) is 21.8 Å². The van der Waals surface area contributed by atoms with Crippen molar-refractivity contribution in [2.75, 3.05) is 10.0 Å². The number of fused-ring (bicyclic) bond motifs is 1. The molecule has 10 nitrogen and oxygen atoms in total. The van der Waals surface area contributed by atoms with Gasteiger partial charge in [-0.2, -0.15) is 0 Å². The Labute approximate surface area is 223 Å². The molecule has 0 bridgehead atoms. The van der Waals surface area contributed by atoms with Crippen molar-refractivity contribution in [3.63, 3.8) is 0 Å². The number of carboxylic acids is 1. The van der Waals surface area contributed by atoms with Gasteiger partial charge in [0.2, 0.25) is 0 Å². The molecule has 5 rings (SSSR count). The Morgan fingerprint density at radius 2 is 1.51 bits per heavy atom. The number of aromatic nitrogens is 3. The van der Waals surface area contributed by atoms with Crippen molar-refractivity contribution in [2.24, 2.45) is 0 Å². The fourth-order valence-corrected chi connectivity index (χ4v) is 4.91. The highest BCUT2D eigenvalue weighted by Crippen LogP contribution is 2.28. The second kappa shape index (κ2) is 10.3. The minimum Gasteiger partial charge on any atom is -0.478 e. The highest BCUT2D eigenvalue weighted by Gasteiger charge is 2.19. The van der Waals surface area contributed by atoms with E-state index in [1.807, 2.05) is 31.2 Å². The summed E-state index contributed by atoms with van der Waals surface area (Å²) in [6.07, 6.45) is 3.20. The first kappa shape index (κ1) is 25.5. The van der Waals surface area contributed by atoms with Gasteiger partial charge in [0.25, 0.3) is 15.9 Å². The molecule has 0 atom stereocenters. The van der Waals surface area contributed by atoms with Gasteiger partial charge in [-0.1, -0.05) is 12.1 Å². The summed E-state index contributed by atoms with van der Waals surface area (Å²) >= 11 is 0. The molecule has 5 aromatic rings. The molecule has 2 aromatic carbocycles. The Kier molecular flexibility index (Phi) is 6.73. The van der Waals surface area contributed by atoms with Gasteiger partial charge < -0.3 is 10.4 Å². The fraction of sp³-hybridized carbons (Fsp3) is 0.0357. The van der Waals surface area contributed by atoms with E-state index in [1.54, 1.807) is 18.5 Å². The number of hydrogen-bond donors (Lipinski definition) is 3. The second-order valence-corrected chi connectivity index (χ2v) is 10.2. The van der Waals surface area contributed by atoms with Crippen molar-refractivity contribution >= 4 is 44.3 Å². The first-order valence-corrected chi connectivity index (χ1v) is 13.1. The number of carbonyl (C=O) groups is 2. The number of hydrogen-bond acceptors (Lipinski definition) is 7. The van der Waals surface area contributed by atoms with Gasteiger partial charge in [-0.25, -0.2) is 18.2 Å². The molecule has 3 aromatic heterocycles. The maximum absolute atomic E-state index is 13.3. The van der Waals surface area contributed by atoms with Gasteiger partial charge in [0.1, 0.15) is 5.52 Å². The van der Waals surface area contributed by atoms with E-state index in [0.29, 0.717) is 28.0 Å². The van der Waals surface area contributed by atoms with E-state index >= 15 is 0 Å². The highest BCUT2D eigenvalue weighted by molar-refractivity contribution is 7.92. The highest BCUT2D eigenvalue weighted by atomic mass is 32.2. The predicted octanol–water partition coefficient (Wildman–Crippen LogP) is 4.75. The van der Waals surface area contributed by atoms with E-state index in [2.05, 4.69) is 25.0 Å². The molecule has 0 radical (unpaired) electrons. The standard InChI is InChI=1S/C28H21N5O5S/c1-17-4-2-14-29-24(17)23-16-20-5-3-15-30-25(20)26(32-23)33-39(37,38)22-12-10-21(11-13-22)31-27(34)18-6-8-19(9-7-18)28(35)36/h2-16H,1H3,(H,31,34)(H,32,33)(H,35,36). The Morgan fingerprint density at radius 1 is 0.846 bits per heavy atom. The number of sulfonamides is 1. The van der Waals surface area contributed by atoms with Crippen LogP contribution in [0.4, 0.5) is 11.5 Å². The molecule has 3 heterocycles. The summed E-state index contributed by atoms with van der Waals surface area (Å²) in [4.78, 5) is 36.7. The maximum Gasteiger partial charge on any atom is 0.335 e. The molecule has 0 fully saturated rings. The summed E-state index contributed by atoms with van der Waals surface area (Å²) in [6, 6.07) is 20.2. The Morgan fingerprint density at radius 3 is 2.21 bits per heavy atom. The smallest absolute Gasteiger partial charge is 0.335 e. The SMILES string of the molecule is Cc1cccnc1-c1cc2cccnc2c(NS(=O)(=O)c2ccc(NC(=O)c3ccc(C(=O)O)cc3)cc2)n1. The number of benzene rings is 2. The third kappa shape index (κ3) is 5.43. The van der Waals surface area contributed by atoms with Crippen LogP contribution in [0.5, 0.6) is 0 Å². The molecule has 0 spiro atoms. The van der Waals surface area contributed by atoms with Crippen LogP contribution in [0.25, 0.3) is 22.3 Å². The van der Waals surface area contributed by atoms with Crippen molar-refractivity contribution in [2.45, 2.75) is 11.8 Å². The summed E-state index contributed by atoms with van der Waals surface area (Å²) in [5.74, 6) is -1.50. The van der Waals surface area contributed by atoms with Crippen LogP contribution in [0.3, 0.4) is 0 Å². The molecule has 39 heavy (non-hydrogen) atoms. The monoisotopic (exact) mass is 539 g/mol. The van der Waals surface area contributed by atoms with Crippen LogP contribution in [0, 0.1) is 6.92 Å². The van der Waals surface area contributed by atoms with Gasteiger partial charge in [-0.05, 0) is 79.2 Å². The number of carbonyl (C=O) groups excluding carboxylic acids is 1. The average molecular weight is 540 g/mol. The lowest BCUT2D eigenvalue weighted by Crippen LogP contribution is -2.15. The largest absolute Gasteiger partial charge is 0.478 e. The van der Waals surface area contributed by atoms with Crippen LogP contribution in [-0.4, -0.2) is 40.4 Å². The van der Waals surface area contributed by atoms with E-state index in [-0.39, 0.29) is 21.8 Å². The number of carboxylic acid groups (broad SMARTS) is 1. The fourth-order valence-electron chi connectivity index (χ4n) is 3.90. The Balaban J connectivity index is 1.40. The minimum atomic E-state index is -4.07. The molecule has 1 amide bonds. The Bertz CT molecular complexity index is 1820. The number of nitrogens with one attached hydrogen (secondary N) is 2. The zero-order chi connectivity index (χ0) is 27.6. The summed E-state index contributed by atoms with van der Waals surface area (Å²) in [5.41, 5.74) is 3.08. The normalized spacial score (nSPS) is 11.2. The number of aromatic carboxylic acids is 1. The molecule has 0 saturated carbocycles. The number of amides is 1. The number of anilines is 2. The van der Waals surface area contributed by atoms with Gasteiger partial charge in [0, 0.05) is 29.0 Å². The zero-order valence-corrected chi connectivity index (χ0v) is 21.3. The lowest BCUT2D eigenvalue weighted by atomic mass is 10.1. The number of pyridine rings is 3. The van der Waals surface area contributed by atoms with Gasteiger partial charge in [-0.15, -0.1) is 0 Å². The zero-order valence-electron chi connectivity index (χ0n) is 20.5. The summed E-state index contributed by atoms with van der Waals surface area (Å²) in [6.45, 7) is 1.90. The third-order valence-electron chi connectivity index (χ3n) is 5.89. The van der Waals surface area contributed by atoms with Crippen molar-refractivity contribution in [1.82, 2.24) is 15.0 Å². The maximum atomic E-state index is 13.3. The number of rotatable bonds is 7. The topological polar surface area (TPSA) is 151 Å². The molecule has 11 heteroatoms. The first-order chi connectivity index (χ1) is 18.7. The predicted molar refractivity (Wildman–Crippen MR) is 146 cm³/mol. The third-order valence-corrected chi connectivity index (χ3v) is 7.24. The number of nitrogens with zero attached hydrogens (tertiary/aromatic N) is 3. The van der Waals surface area contributed by atoms with Crippen LogP contribution < -0.4 is 10.0 Å². The van der Waals surface area contributed by atoms with Crippen molar-refractivity contribution in [3.8, 4) is 11.4 Å². The Hall–Kier alpha value is -5.16. The van der Waals surface area contributed by atoms with Gasteiger partial charge >= 0.3 is 5.97 Å². The second-order valence-electron chi connectivity index (χ2n) is 8.57. The molecular formula is C28H21N5O5S. The quantitative estimate of drug-likeness (QED) is 0.268. The summed E-state index contributed by atoms with van der Waals surface area (Å²) in [5, 5.41) is 12.4. The van der Waals surface area contributed by atoms with E-state index < -0.39 is 21.9 Å². The van der Waals surface area contributed by atoms with E-state index in [9.17, 15) is 18.0 Å². The van der Waals surface area contributed by atoms with Crippen molar-refractivity contribution in [3.05, 3.63) is 108 Å². The minimum absolute atomic E-state index is 0.0448. The molecule has 0 saturated heterocycles. The molecule has 0 unspecified atom stereocenters. The van der Waals surface area contributed by atoms with Crippen LogP contribution >= 0.6 is 0 Å². The van der Waals surface area contributed by atoms with E-state index in [0.717, 1.165) is 5.56 Å². The van der Waals surface area contributed by atoms with Crippen LogP contribution in [-0.2, 0) is 10.0 Å². The summed E-state index contributed by atoms with van der Waals surface area (Å²) < 4.78 is 29.1. The number of aryl methyl sites for hydroxylation is 1. The molecule has 0 aliphatic heterocycles. The lowest BCUT2D eigenvalue weighted by molar-refractivity contribution is 0.0696. The average Bonchev–Trinajstić information content (AvgIpc) is 2.93. The van der Waals surface area contributed by atoms with Gasteiger partial charge in [-0.3, -0.25) is 19.5 Å². The van der Waals surface area contributed by atoms with Gasteiger partial charge in [0.15, 0.2) is 5.82 Å².